The van der Waals surface area contributed by atoms with Crippen molar-refractivity contribution in [2.45, 2.75) is 64.8 Å². The maximum atomic E-state index is 13.2. The van der Waals surface area contributed by atoms with Gasteiger partial charge in [-0.25, -0.2) is 0 Å². The molecule has 2 aliphatic rings. The van der Waals surface area contributed by atoms with E-state index in [0.29, 0.717) is 18.7 Å². The fourth-order valence-corrected chi connectivity index (χ4v) is 4.04. The van der Waals surface area contributed by atoms with Crippen LogP contribution in [0.5, 0.6) is 0 Å². The van der Waals surface area contributed by atoms with Gasteiger partial charge in [0.15, 0.2) is 0 Å². The first-order chi connectivity index (χ1) is 15.6. The summed E-state index contributed by atoms with van der Waals surface area (Å²) in [7, 11) is 1.04. The quantitative estimate of drug-likeness (QED) is 0.661. The average molecular weight is 448 g/mol. The van der Waals surface area contributed by atoms with Crippen molar-refractivity contribution in [1.29, 1.82) is 0 Å². The summed E-state index contributed by atoms with van der Waals surface area (Å²) < 4.78 is 12.6. The van der Waals surface area contributed by atoms with Crippen LogP contribution in [0.3, 0.4) is 0 Å². The Kier molecular flexibility index (Phi) is 6.38. The number of benzene rings is 2. The fraction of sp³-hybridized carbons (Fsp3) is 0.462. The molecular formula is C26H33BN2O4. The summed E-state index contributed by atoms with van der Waals surface area (Å²) in [4.78, 5) is 27.5. The second kappa shape index (κ2) is 8.95. The molecule has 0 bridgehead atoms. The number of carbonyl (C=O) groups is 2. The number of hydrogen-bond donors (Lipinski definition) is 1. The Morgan fingerprint density at radius 1 is 1.00 bits per heavy atom. The Hall–Kier alpha value is -2.64. The van der Waals surface area contributed by atoms with Crippen LogP contribution in [0.25, 0.3) is 0 Å². The first-order valence-electron chi connectivity index (χ1n) is 11.6. The first kappa shape index (κ1) is 23.5. The zero-order valence-corrected chi connectivity index (χ0v) is 20.2. The minimum Gasteiger partial charge on any atom is -0.399 e. The van der Waals surface area contributed by atoms with Crippen molar-refractivity contribution >= 4 is 24.4 Å². The van der Waals surface area contributed by atoms with E-state index in [4.69, 9.17) is 9.31 Å². The minimum absolute atomic E-state index is 0.0936. The van der Waals surface area contributed by atoms with Gasteiger partial charge in [0.25, 0.3) is 5.91 Å². The molecule has 0 atom stereocenters. The molecule has 33 heavy (non-hydrogen) atoms. The van der Waals surface area contributed by atoms with E-state index in [2.05, 4.69) is 5.32 Å². The van der Waals surface area contributed by atoms with Gasteiger partial charge in [-0.3, -0.25) is 9.59 Å². The lowest BCUT2D eigenvalue weighted by Gasteiger charge is -2.32. The van der Waals surface area contributed by atoms with Crippen molar-refractivity contribution < 1.29 is 18.9 Å². The second-order valence-corrected chi connectivity index (χ2v) is 10.0. The molecule has 2 fully saturated rings. The molecule has 2 amide bonds. The topological polar surface area (TPSA) is 67.9 Å². The molecule has 0 radical (unpaired) electrons. The summed E-state index contributed by atoms with van der Waals surface area (Å²) in [5.74, 6) is 0.0834. The maximum absolute atomic E-state index is 13.2. The van der Waals surface area contributed by atoms with E-state index in [-0.39, 0.29) is 17.7 Å². The average Bonchev–Trinajstić information content (AvgIpc) is 3.59. The largest absolute Gasteiger partial charge is 0.495 e. The SMILES string of the molecule is CNC(=O)c1ccc(B2OC(C)(C)C(C)(C)O2)c(CN(Cc2ccccc2)C(=O)C2CC2)c1. The maximum Gasteiger partial charge on any atom is 0.495 e. The number of nitrogens with zero attached hydrogens (tertiary/aromatic N) is 1. The molecule has 6 nitrogen and oxygen atoms in total. The highest BCUT2D eigenvalue weighted by Gasteiger charge is 2.52. The molecule has 2 aromatic carbocycles. The molecule has 0 aromatic heterocycles. The van der Waals surface area contributed by atoms with E-state index < -0.39 is 18.3 Å². The van der Waals surface area contributed by atoms with Crippen LogP contribution in [-0.2, 0) is 27.2 Å². The van der Waals surface area contributed by atoms with Crippen LogP contribution in [0.2, 0.25) is 0 Å². The highest BCUT2D eigenvalue weighted by atomic mass is 16.7. The second-order valence-electron chi connectivity index (χ2n) is 10.0. The Morgan fingerprint density at radius 2 is 1.64 bits per heavy atom. The zero-order chi connectivity index (χ0) is 23.8. The van der Waals surface area contributed by atoms with Crippen LogP contribution >= 0.6 is 0 Å². The van der Waals surface area contributed by atoms with Gasteiger partial charge in [0.2, 0.25) is 5.91 Å². The van der Waals surface area contributed by atoms with Gasteiger partial charge >= 0.3 is 7.12 Å². The molecule has 0 spiro atoms. The van der Waals surface area contributed by atoms with Crippen molar-refractivity contribution in [2.24, 2.45) is 5.92 Å². The van der Waals surface area contributed by atoms with Crippen molar-refractivity contribution in [1.82, 2.24) is 10.2 Å². The van der Waals surface area contributed by atoms with Crippen LogP contribution in [0.4, 0.5) is 0 Å². The van der Waals surface area contributed by atoms with E-state index in [1.165, 1.54) is 0 Å². The number of nitrogens with one attached hydrogen (secondary N) is 1. The van der Waals surface area contributed by atoms with Gasteiger partial charge < -0.3 is 19.5 Å². The van der Waals surface area contributed by atoms with Gasteiger partial charge in [-0.1, -0.05) is 36.4 Å². The van der Waals surface area contributed by atoms with E-state index in [9.17, 15) is 9.59 Å². The van der Waals surface area contributed by atoms with Crippen LogP contribution in [-0.4, -0.2) is 42.1 Å². The van der Waals surface area contributed by atoms with Crippen molar-refractivity contribution in [3.8, 4) is 0 Å². The van der Waals surface area contributed by atoms with Gasteiger partial charge in [-0.2, -0.15) is 0 Å². The number of rotatable bonds is 7. The molecule has 1 saturated carbocycles. The third kappa shape index (κ3) is 4.99. The van der Waals surface area contributed by atoms with E-state index in [1.54, 1.807) is 13.1 Å². The molecule has 1 N–H and O–H groups in total. The normalized spacial score (nSPS) is 18.8. The molecular weight excluding hydrogens is 415 g/mol. The molecule has 0 unspecified atom stereocenters. The van der Waals surface area contributed by atoms with E-state index >= 15 is 0 Å². The van der Waals surface area contributed by atoms with Crippen molar-refractivity contribution in [3.63, 3.8) is 0 Å². The lowest BCUT2D eigenvalue weighted by molar-refractivity contribution is -0.133. The van der Waals surface area contributed by atoms with Crippen LogP contribution < -0.4 is 10.8 Å². The Bertz CT molecular complexity index is 1020. The molecule has 174 valence electrons. The van der Waals surface area contributed by atoms with E-state index in [1.807, 2.05) is 75.1 Å². The molecule has 7 heteroatoms. The monoisotopic (exact) mass is 448 g/mol. The third-order valence-electron chi connectivity index (χ3n) is 6.96. The highest BCUT2D eigenvalue weighted by molar-refractivity contribution is 6.62. The van der Waals surface area contributed by atoms with E-state index in [0.717, 1.165) is 29.4 Å². The van der Waals surface area contributed by atoms with Crippen LogP contribution in [0.1, 0.15) is 62.0 Å². The molecule has 4 rings (SSSR count). The van der Waals surface area contributed by atoms with Gasteiger partial charge in [-0.05, 0) is 69.3 Å². The van der Waals surface area contributed by atoms with Crippen LogP contribution in [0, 0.1) is 5.92 Å². The standard InChI is InChI=1S/C26H33BN2O4/c1-25(2)26(3,4)33-27(32-25)22-14-13-20(23(30)28-5)15-21(22)17-29(24(31)19-11-12-19)16-18-9-7-6-8-10-18/h6-10,13-15,19H,11-12,16-17H2,1-5H3,(H,28,30). The smallest absolute Gasteiger partial charge is 0.399 e. The zero-order valence-electron chi connectivity index (χ0n) is 20.2. The molecule has 2 aromatic rings. The first-order valence-corrected chi connectivity index (χ1v) is 11.6. The van der Waals surface area contributed by atoms with Gasteiger partial charge in [0.05, 0.1) is 11.2 Å². The summed E-state index contributed by atoms with van der Waals surface area (Å²) in [6, 6.07) is 15.5. The summed E-state index contributed by atoms with van der Waals surface area (Å²) in [5, 5.41) is 2.69. The predicted molar refractivity (Wildman–Crippen MR) is 129 cm³/mol. The molecule has 1 aliphatic heterocycles. The number of hydrogen-bond acceptors (Lipinski definition) is 4. The summed E-state index contributed by atoms with van der Waals surface area (Å²) in [6.45, 7) is 8.97. The fourth-order valence-electron chi connectivity index (χ4n) is 4.04. The Labute approximate surface area is 196 Å². The van der Waals surface area contributed by atoms with Gasteiger partial charge in [0.1, 0.15) is 0 Å². The summed E-state index contributed by atoms with van der Waals surface area (Å²) >= 11 is 0. The summed E-state index contributed by atoms with van der Waals surface area (Å²) in [5.41, 5.74) is 2.36. The molecule has 1 heterocycles. The lowest BCUT2D eigenvalue weighted by Crippen LogP contribution is -2.41. The van der Waals surface area contributed by atoms with Crippen molar-refractivity contribution in [3.05, 3.63) is 65.2 Å². The van der Waals surface area contributed by atoms with Crippen molar-refractivity contribution in [2.75, 3.05) is 7.05 Å². The van der Waals surface area contributed by atoms with Gasteiger partial charge in [0, 0.05) is 31.6 Å². The Morgan fingerprint density at radius 3 is 2.21 bits per heavy atom. The van der Waals surface area contributed by atoms with Gasteiger partial charge in [-0.15, -0.1) is 0 Å². The Balaban J connectivity index is 1.69. The third-order valence-corrected chi connectivity index (χ3v) is 6.96. The number of amides is 2. The molecule has 1 saturated heterocycles. The minimum atomic E-state index is -0.571. The van der Waals surface area contributed by atoms with Crippen LogP contribution in [0.15, 0.2) is 48.5 Å². The number of carbonyl (C=O) groups excluding carboxylic acids is 2. The summed E-state index contributed by atoms with van der Waals surface area (Å²) in [6.07, 6.45) is 1.87. The lowest BCUT2D eigenvalue weighted by atomic mass is 9.75. The molecule has 1 aliphatic carbocycles. The predicted octanol–water partition coefficient (Wildman–Crippen LogP) is 3.28. The highest BCUT2D eigenvalue weighted by Crippen LogP contribution is 2.37.